The Morgan fingerprint density at radius 1 is 1.16 bits per heavy atom. The lowest BCUT2D eigenvalue weighted by Gasteiger charge is -2.32. The zero-order valence-electron chi connectivity index (χ0n) is 14.4. The second-order valence-electron chi connectivity index (χ2n) is 6.76. The van der Waals surface area contributed by atoms with Crippen LogP contribution in [0.5, 0.6) is 0 Å². The lowest BCUT2D eigenvalue weighted by molar-refractivity contribution is 0.245. The maximum Gasteiger partial charge on any atom is 0.0883 e. The van der Waals surface area contributed by atoms with Crippen molar-refractivity contribution < 1.29 is 0 Å². The molecule has 1 aromatic rings. The average Bonchev–Trinajstić information content (AvgIpc) is 2.80. The molecule has 19 heavy (non-hydrogen) atoms. The zero-order valence-corrected chi connectivity index (χ0v) is 14.4. The molecule has 0 aliphatic heterocycles. The predicted octanol–water partition coefficient (Wildman–Crippen LogP) is 4.99. The van der Waals surface area contributed by atoms with Crippen LogP contribution in [-0.2, 0) is 5.41 Å². The molecular weight excluding hydrogens is 234 g/mol. The first-order chi connectivity index (χ1) is 8.68. The van der Waals surface area contributed by atoms with Crippen LogP contribution in [0.3, 0.4) is 0 Å². The van der Waals surface area contributed by atoms with Gasteiger partial charge >= 0.3 is 0 Å². The predicted molar refractivity (Wildman–Crippen MR) is 83.5 cm³/mol. The topological polar surface area (TPSA) is 30.7 Å². The lowest BCUT2D eigenvalue weighted by Crippen LogP contribution is -2.26. The van der Waals surface area contributed by atoms with Crippen LogP contribution in [0.25, 0.3) is 0 Å². The molecule has 1 heterocycles. The van der Waals surface area contributed by atoms with Crippen molar-refractivity contribution in [2.24, 2.45) is 5.41 Å². The third-order valence-corrected chi connectivity index (χ3v) is 3.61. The van der Waals surface area contributed by atoms with Gasteiger partial charge in [-0.15, -0.1) is 5.10 Å². The summed E-state index contributed by atoms with van der Waals surface area (Å²) >= 11 is 0. The molecule has 0 saturated carbocycles. The highest BCUT2D eigenvalue weighted by Gasteiger charge is 2.31. The van der Waals surface area contributed by atoms with E-state index in [1.165, 1.54) is 6.42 Å². The second-order valence-corrected chi connectivity index (χ2v) is 6.76. The van der Waals surface area contributed by atoms with Gasteiger partial charge in [0.05, 0.1) is 5.69 Å². The van der Waals surface area contributed by atoms with Gasteiger partial charge in [-0.25, -0.2) is 4.68 Å². The molecule has 0 N–H and O–H groups in total. The van der Waals surface area contributed by atoms with Gasteiger partial charge in [-0.3, -0.25) is 0 Å². The van der Waals surface area contributed by atoms with Gasteiger partial charge in [-0.2, -0.15) is 0 Å². The van der Waals surface area contributed by atoms with E-state index in [9.17, 15) is 0 Å². The summed E-state index contributed by atoms with van der Waals surface area (Å²) in [6.07, 6.45) is 4.42. The van der Waals surface area contributed by atoms with E-state index in [0.717, 1.165) is 12.1 Å². The van der Waals surface area contributed by atoms with Crippen molar-refractivity contribution in [3.05, 3.63) is 11.9 Å². The third kappa shape index (κ3) is 5.33. The smallest absolute Gasteiger partial charge is 0.0883 e. The maximum absolute atomic E-state index is 4.34. The van der Waals surface area contributed by atoms with Crippen molar-refractivity contribution in [3.63, 3.8) is 0 Å². The molecular formula is C16H33N3. The van der Waals surface area contributed by atoms with E-state index in [2.05, 4.69) is 65.0 Å². The minimum absolute atomic E-state index is 0.0899. The summed E-state index contributed by atoms with van der Waals surface area (Å²) in [6, 6.07) is 0.381. The molecule has 0 spiro atoms. The molecule has 0 amide bonds. The zero-order chi connectivity index (χ0) is 15.3. The molecule has 0 saturated heterocycles. The molecule has 0 aromatic carbocycles. The Kier molecular flexibility index (Phi) is 6.74. The summed E-state index contributed by atoms with van der Waals surface area (Å²) in [5.74, 6) is 0. The Balaban J connectivity index is 0.00000154. The van der Waals surface area contributed by atoms with Crippen LogP contribution in [0.2, 0.25) is 0 Å². The number of rotatable bonds is 5. The standard InChI is InChI=1S/C14H27N3.C2H6/c1-8-13(4,5)10-14(6,7)12-9-17(11(2)3)16-15-12;1-2/h9,11H,8,10H2,1-7H3;1-2H3. The average molecular weight is 267 g/mol. The van der Waals surface area contributed by atoms with Gasteiger partial charge in [0.15, 0.2) is 0 Å². The minimum Gasteiger partial charge on any atom is -0.250 e. The maximum atomic E-state index is 4.34. The van der Waals surface area contributed by atoms with E-state index in [1.54, 1.807) is 0 Å². The minimum atomic E-state index is 0.0899. The lowest BCUT2D eigenvalue weighted by atomic mass is 9.72. The summed E-state index contributed by atoms with van der Waals surface area (Å²) in [5, 5.41) is 8.55. The summed E-state index contributed by atoms with van der Waals surface area (Å²) in [4.78, 5) is 0. The van der Waals surface area contributed by atoms with E-state index in [-0.39, 0.29) is 5.41 Å². The molecule has 0 aliphatic rings. The molecule has 1 aromatic heterocycles. The van der Waals surface area contributed by atoms with Crippen molar-refractivity contribution in [3.8, 4) is 0 Å². The van der Waals surface area contributed by atoms with Gasteiger partial charge in [-0.05, 0) is 25.7 Å². The van der Waals surface area contributed by atoms with Crippen LogP contribution in [0.1, 0.15) is 86.9 Å². The molecule has 0 aliphatic carbocycles. The largest absolute Gasteiger partial charge is 0.250 e. The fraction of sp³-hybridized carbons (Fsp3) is 0.875. The van der Waals surface area contributed by atoms with Gasteiger partial charge in [0.1, 0.15) is 0 Å². The Labute approximate surface area is 119 Å². The Bertz CT molecular complexity index is 362. The van der Waals surface area contributed by atoms with Crippen LogP contribution in [0.15, 0.2) is 6.20 Å². The van der Waals surface area contributed by atoms with Crippen molar-refractivity contribution in [2.75, 3.05) is 0 Å². The van der Waals surface area contributed by atoms with Crippen LogP contribution < -0.4 is 0 Å². The molecule has 0 atom stereocenters. The molecule has 0 unspecified atom stereocenters. The Hall–Kier alpha value is -0.860. The Morgan fingerprint density at radius 2 is 1.68 bits per heavy atom. The second kappa shape index (κ2) is 7.06. The van der Waals surface area contributed by atoms with Gasteiger partial charge in [0.2, 0.25) is 0 Å². The van der Waals surface area contributed by atoms with E-state index < -0.39 is 0 Å². The van der Waals surface area contributed by atoms with Gasteiger partial charge in [-0.1, -0.05) is 60.1 Å². The van der Waals surface area contributed by atoms with E-state index >= 15 is 0 Å². The highest BCUT2D eigenvalue weighted by molar-refractivity contribution is 5.10. The number of hydrogen-bond donors (Lipinski definition) is 0. The van der Waals surface area contributed by atoms with Gasteiger partial charge in [0, 0.05) is 17.7 Å². The first kappa shape index (κ1) is 18.1. The third-order valence-electron chi connectivity index (χ3n) is 3.61. The van der Waals surface area contributed by atoms with E-state index in [0.29, 0.717) is 11.5 Å². The quantitative estimate of drug-likeness (QED) is 0.752. The summed E-state index contributed by atoms with van der Waals surface area (Å²) in [7, 11) is 0. The Morgan fingerprint density at radius 3 is 2.05 bits per heavy atom. The van der Waals surface area contributed by atoms with Crippen LogP contribution in [-0.4, -0.2) is 15.0 Å². The molecule has 0 fully saturated rings. The number of aromatic nitrogens is 3. The van der Waals surface area contributed by atoms with Crippen molar-refractivity contribution in [2.45, 2.75) is 86.6 Å². The normalized spacial score (nSPS) is 12.3. The van der Waals surface area contributed by atoms with E-state index in [4.69, 9.17) is 0 Å². The fourth-order valence-electron chi connectivity index (χ4n) is 2.25. The SMILES string of the molecule is CC.CCC(C)(C)CC(C)(C)c1cn(C(C)C)nn1. The molecule has 0 radical (unpaired) electrons. The molecule has 0 bridgehead atoms. The van der Waals surface area contributed by atoms with Crippen LogP contribution in [0.4, 0.5) is 0 Å². The monoisotopic (exact) mass is 267 g/mol. The van der Waals surface area contributed by atoms with Crippen molar-refractivity contribution >= 4 is 0 Å². The summed E-state index contributed by atoms with van der Waals surface area (Å²) in [5.41, 5.74) is 1.55. The first-order valence-corrected chi connectivity index (χ1v) is 7.60. The van der Waals surface area contributed by atoms with Crippen molar-refractivity contribution in [1.82, 2.24) is 15.0 Å². The highest BCUT2D eigenvalue weighted by atomic mass is 15.4. The summed E-state index contributed by atoms with van der Waals surface area (Å²) < 4.78 is 1.94. The molecule has 112 valence electrons. The number of nitrogens with zero attached hydrogens (tertiary/aromatic N) is 3. The molecule has 3 heteroatoms. The van der Waals surface area contributed by atoms with Crippen LogP contribution >= 0.6 is 0 Å². The van der Waals surface area contributed by atoms with E-state index in [1.807, 2.05) is 18.5 Å². The molecule has 3 nitrogen and oxygen atoms in total. The summed E-state index contributed by atoms with van der Waals surface area (Å²) in [6.45, 7) is 19.7. The van der Waals surface area contributed by atoms with Gasteiger partial charge in [0.25, 0.3) is 0 Å². The highest BCUT2D eigenvalue weighted by Crippen LogP contribution is 2.37. The molecule has 1 rings (SSSR count). The van der Waals surface area contributed by atoms with Crippen LogP contribution in [0, 0.1) is 5.41 Å². The fourth-order valence-corrected chi connectivity index (χ4v) is 2.25. The first-order valence-electron chi connectivity index (χ1n) is 7.60. The van der Waals surface area contributed by atoms with Gasteiger partial charge < -0.3 is 0 Å². The van der Waals surface area contributed by atoms with Crippen molar-refractivity contribution in [1.29, 1.82) is 0 Å². The number of hydrogen-bond acceptors (Lipinski definition) is 2.